The van der Waals surface area contributed by atoms with E-state index >= 15 is 0 Å². The first-order valence-electron chi connectivity index (χ1n) is 10.3. The van der Waals surface area contributed by atoms with Crippen molar-refractivity contribution in [2.45, 2.75) is 26.2 Å². The molecule has 0 saturated carbocycles. The van der Waals surface area contributed by atoms with E-state index < -0.39 is 0 Å². The lowest BCUT2D eigenvalue weighted by molar-refractivity contribution is 0.0376. The Morgan fingerprint density at radius 2 is 1.93 bits per heavy atom. The Morgan fingerprint density at radius 1 is 1.11 bits per heavy atom. The van der Waals surface area contributed by atoms with Crippen LogP contribution in [-0.2, 0) is 15.9 Å². The number of hydrogen-bond acceptors (Lipinski definition) is 4. The zero-order valence-electron chi connectivity index (χ0n) is 16.8. The molecule has 0 atom stereocenters. The van der Waals surface area contributed by atoms with Crippen molar-refractivity contribution >= 4 is 5.96 Å². The largest absolute Gasteiger partial charge is 0.381 e. The summed E-state index contributed by atoms with van der Waals surface area (Å²) in [6, 6.07) is 10.5. The van der Waals surface area contributed by atoms with E-state index in [9.17, 15) is 0 Å². The smallest absolute Gasteiger partial charge is 0.191 e. The van der Waals surface area contributed by atoms with Gasteiger partial charge in [-0.3, -0.25) is 9.89 Å². The molecule has 0 bridgehead atoms. The standard InChI is InChI=1S/C21H36N4O2/c1-2-22-21(23-11-6-13-25-14-18-27-19-15-25)24-12-7-16-26-17-10-20-8-4-3-5-9-20/h3-5,8-9H,2,6-7,10-19H2,1H3,(H2,22,23,24). The van der Waals surface area contributed by atoms with Gasteiger partial charge in [-0.2, -0.15) is 0 Å². The summed E-state index contributed by atoms with van der Waals surface area (Å²) in [7, 11) is 0. The van der Waals surface area contributed by atoms with Crippen LogP contribution in [0.5, 0.6) is 0 Å². The van der Waals surface area contributed by atoms with Crippen LogP contribution in [0.1, 0.15) is 25.3 Å². The molecule has 1 aromatic rings. The van der Waals surface area contributed by atoms with Gasteiger partial charge in [-0.25, -0.2) is 0 Å². The van der Waals surface area contributed by atoms with Gasteiger partial charge in [-0.05, 0) is 38.3 Å². The quantitative estimate of drug-likeness (QED) is 0.332. The van der Waals surface area contributed by atoms with Gasteiger partial charge in [-0.15, -0.1) is 0 Å². The summed E-state index contributed by atoms with van der Waals surface area (Å²) >= 11 is 0. The highest BCUT2D eigenvalue weighted by atomic mass is 16.5. The predicted octanol–water partition coefficient (Wildman–Crippen LogP) is 1.91. The Hall–Kier alpha value is -1.63. The highest BCUT2D eigenvalue weighted by Crippen LogP contribution is 2.00. The van der Waals surface area contributed by atoms with Crippen LogP contribution in [0.4, 0.5) is 0 Å². The van der Waals surface area contributed by atoms with Crippen molar-refractivity contribution in [2.75, 3.05) is 65.7 Å². The number of guanidine groups is 1. The summed E-state index contributed by atoms with van der Waals surface area (Å²) in [6.07, 6.45) is 3.03. The summed E-state index contributed by atoms with van der Waals surface area (Å²) in [5.74, 6) is 0.906. The minimum atomic E-state index is 0.757. The normalized spacial score (nSPS) is 15.7. The minimum Gasteiger partial charge on any atom is -0.381 e. The number of morpholine rings is 1. The second kappa shape index (κ2) is 14.4. The highest BCUT2D eigenvalue weighted by molar-refractivity contribution is 5.79. The fourth-order valence-corrected chi connectivity index (χ4v) is 2.97. The molecule has 0 amide bonds. The van der Waals surface area contributed by atoms with Crippen molar-refractivity contribution < 1.29 is 9.47 Å². The van der Waals surface area contributed by atoms with E-state index in [1.54, 1.807) is 0 Å². The van der Waals surface area contributed by atoms with Crippen LogP contribution in [0.15, 0.2) is 35.3 Å². The molecule has 0 unspecified atom stereocenters. The number of aliphatic imine (C=N–C) groups is 1. The van der Waals surface area contributed by atoms with E-state index in [-0.39, 0.29) is 0 Å². The lowest BCUT2D eigenvalue weighted by Gasteiger charge is -2.26. The second-order valence-corrected chi connectivity index (χ2v) is 6.70. The van der Waals surface area contributed by atoms with Crippen LogP contribution in [0.3, 0.4) is 0 Å². The number of nitrogens with zero attached hydrogens (tertiary/aromatic N) is 2. The van der Waals surface area contributed by atoms with Crippen molar-refractivity contribution in [3.63, 3.8) is 0 Å². The third-order valence-electron chi connectivity index (χ3n) is 4.49. The molecule has 0 spiro atoms. The summed E-state index contributed by atoms with van der Waals surface area (Å²) in [5, 5.41) is 6.73. The highest BCUT2D eigenvalue weighted by Gasteiger charge is 2.09. The molecule has 0 aromatic heterocycles. The number of rotatable bonds is 12. The zero-order chi connectivity index (χ0) is 19.0. The van der Waals surface area contributed by atoms with Crippen molar-refractivity contribution in [1.29, 1.82) is 0 Å². The Balaban J connectivity index is 1.50. The fourth-order valence-electron chi connectivity index (χ4n) is 2.97. The Kier molecular flexibility index (Phi) is 11.6. The lowest BCUT2D eigenvalue weighted by Crippen LogP contribution is -2.40. The summed E-state index contributed by atoms with van der Waals surface area (Å²) in [6.45, 7) is 11.2. The van der Waals surface area contributed by atoms with Crippen LogP contribution < -0.4 is 10.6 Å². The Bertz CT molecular complexity index is 504. The maximum absolute atomic E-state index is 5.72. The minimum absolute atomic E-state index is 0.757. The van der Waals surface area contributed by atoms with Gasteiger partial charge < -0.3 is 20.1 Å². The SMILES string of the molecule is CCNC(=NCCCOCCc1ccccc1)NCCCN1CCOCC1. The van der Waals surface area contributed by atoms with E-state index in [0.717, 1.165) is 90.9 Å². The second-order valence-electron chi connectivity index (χ2n) is 6.70. The average Bonchev–Trinajstić information content (AvgIpc) is 2.72. The predicted molar refractivity (Wildman–Crippen MR) is 111 cm³/mol. The van der Waals surface area contributed by atoms with Gasteiger partial charge in [0.1, 0.15) is 0 Å². The van der Waals surface area contributed by atoms with Crippen molar-refractivity contribution in [3.05, 3.63) is 35.9 Å². The molecule has 1 aliphatic heterocycles. The third-order valence-corrected chi connectivity index (χ3v) is 4.49. The number of hydrogen-bond donors (Lipinski definition) is 2. The van der Waals surface area contributed by atoms with Crippen LogP contribution in [0.2, 0.25) is 0 Å². The van der Waals surface area contributed by atoms with Gasteiger partial charge in [-0.1, -0.05) is 30.3 Å². The Morgan fingerprint density at radius 3 is 2.70 bits per heavy atom. The van der Waals surface area contributed by atoms with E-state index in [1.165, 1.54) is 5.56 Å². The maximum atomic E-state index is 5.72. The fraction of sp³-hybridized carbons (Fsp3) is 0.667. The van der Waals surface area contributed by atoms with Crippen molar-refractivity contribution in [3.8, 4) is 0 Å². The van der Waals surface area contributed by atoms with Crippen LogP contribution >= 0.6 is 0 Å². The van der Waals surface area contributed by atoms with E-state index in [1.807, 2.05) is 6.07 Å². The zero-order valence-corrected chi connectivity index (χ0v) is 16.8. The molecule has 1 saturated heterocycles. The van der Waals surface area contributed by atoms with Crippen LogP contribution in [0, 0.1) is 0 Å². The molecule has 27 heavy (non-hydrogen) atoms. The van der Waals surface area contributed by atoms with Crippen molar-refractivity contribution in [2.24, 2.45) is 4.99 Å². The van der Waals surface area contributed by atoms with Crippen molar-refractivity contribution in [1.82, 2.24) is 15.5 Å². The summed E-state index contributed by atoms with van der Waals surface area (Å²) in [4.78, 5) is 7.09. The monoisotopic (exact) mass is 376 g/mol. The van der Waals surface area contributed by atoms with E-state index in [4.69, 9.17) is 9.47 Å². The molecule has 1 heterocycles. The molecule has 6 nitrogen and oxygen atoms in total. The average molecular weight is 377 g/mol. The molecule has 1 aliphatic rings. The maximum Gasteiger partial charge on any atom is 0.191 e. The number of nitrogens with one attached hydrogen (secondary N) is 2. The van der Waals surface area contributed by atoms with Crippen LogP contribution in [0.25, 0.3) is 0 Å². The number of benzene rings is 1. The topological polar surface area (TPSA) is 58.1 Å². The van der Waals surface area contributed by atoms with Crippen LogP contribution in [-0.4, -0.2) is 76.6 Å². The number of ether oxygens (including phenoxy) is 2. The molecule has 2 N–H and O–H groups in total. The molecule has 0 radical (unpaired) electrons. The van der Waals surface area contributed by atoms with E-state index in [0.29, 0.717) is 0 Å². The third kappa shape index (κ3) is 10.3. The molecular weight excluding hydrogens is 340 g/mol. The molecule has 0 aliphatic carbocycles. The van der Waals surface area contributed by atoms with Gasteiger partial charge >= 0.3 is 0 Å². The lowest BCUT2D eigenvalue weighted by atomic mass is 10.2. The van der Waals surface area contributed by atoms with E-state index in [2.05, 4.69) is 51.7 Å². The van der Waals surface area contributed by atoms with Gasteiger partial charge in [0.25, 0.3) is 0 Å². The first-order chi connectivity index (χ1) is 13.4. The molecule has 152 valence electrons. The van der Waals surface area contributed by atoms with Gasteiger partial charge in [0.2, 0.25) is 0 Å². The first-order valence-corrected chi connectivity index (χ1v) is 10.3. The molecular formula is C21H36N4O2. The van der Waals surface area contributed by atoms with Gasteiger partial charge in [0.05, 0.1) is 19.8 Å². The summed E-state index contributed by atoms with van der Waals surface area (Å²) in [5.41, 5.74) is 1.33. The van der Waals surface area contributed by atoms with Gasteiger partial charge in [0, 0.05) is 39.3 Å². The van der Waals surface area contributed by atoms with Gasteiger partial charge in [0.15, 0.2) is 5.96 Å². The Labute approximate surface area is 164 Å². The molecule has 6 heteroatoms. The molecule has 2 rings (SSSR count). The molecule has 1 aromatic carbocycles. The first kappa shape index (κ1) is 21.7. The summed E-state index contributed by atoms with van der Waals surface area (Å²) < 4.78 is 11.1. The molecule has 1 fully saturated rings.